The van der Waals surface area contributed by atoms with Crippen LogP contribution in [0.4, 0.5) is 10.5 Å². The number of nitrogens with two attached hydrogens (primary N) is 1. The number of rotatable bonds is 3. The maximum Gasteiger partial charge on any atom is 0.319 e. The summed E-state index contributed by atoms with van der Waals surface area (Å²) in [6.07, 6.45) is 5.89. The number of carbonyl (C=O) groups is 1. The van der Waals surface area contributed by atoms with Gasteiger partial charge < -0.3 is 16.4 Å². The number of aryl methyl sites for hydroxylation is 1. The van der Waals surface area contributed by atoms with Crippen LogP contribution in [0, 0.1) is 6.92 Å². The van der Waals surface area contributed by atoms with Gasteiger partial charge in [0, 0.05) is 18.3 Å². The molecule has 0 saturated heterocycles. The van der Waals surface area contributed by atoms with E-state index in [0.29, 0.717) is 12.6 Å². The fourth-order valence-corrected chi connectivity index (χ4v) is 2.68. The van der Waals surface area contributed by atoms with E-state index in [4.69, 9.17) is 5.73 Å². The van der Waals surface area contributed by atoms with Gasteiger partial charge in [0.1, 0.15) is 0 Å². The van der Waals surface area contributed by atoms with Crippen LogP contribution in [-0.4, -0.2) is 12.1 Å². The highest BCUT2D eigenvalue weighted by atomic mass is 16.2. The van der Waals surface area contributed by atoms with Crippen LogP contribution in [0.15, 0.2) is 18.2 Å². The standard InChI is InChI=1S/C15H23N3O/c1-11-6-5-9-14(13(11)10-16)18-15(19)17-12-7-3-2-4-8-12/h5-6,9,12H,2-4,7-8,10,16H2,1H3,(H2,17,18,19). The van der Waals surface area contributed by atoms with Crippen LogP contribution < -0.4 is 16.4 Å². The quantitative estimate of drug-likeness (QED) is 0.783. The van der Waals surface area contributed by atoms with Crippen molar-refractivity contribution in [1.82, 2.24) is 5.32 Å². The van der Waals surface area contributed by atoms with E-state index < -0.39 is 0 Å². The summed E-state index contributed by atoms with van der Waals surface area (Å²) in [5, 5.41) is 5.97. The summed E-state index contributed by atoms with van der Waals surface area (Å²) < 4.78 is 0. The molecule has 1 saturated carbocycles. The summed E-state index contributed by atoms with van der Waals surface area (Å²) in [5.74, 6) is 0. The van der Waals surface area contributed by atoms with Crippen LogP contribution in [0.25, 0.3) is 0 Å². The van der Waals surface area contributed by atoms with Gasteiger partial charge in [0.25, 0.3) is 0 Å². The van der Waals surface area contributed by atoms with Crippen molar-refractivity contribution in [3.63, 3.8) is 0 Å². The molecule has 2 rings (SSSR count). The fourth-order valence-electron chi connectivity index (χ4n) is 2.68. The molecule has 1 aromatic carbocycles. The van der Waals surface area contributed by atoms with E-state index in [1.165, 1.54) is 19.3 Å². The SMILES string of the molecule is Cc1cccc(NC(=O)NC2CCCCC2)c1CN. The number of anilines is 1. The van der Waals surface area contributed by atoms with Crippen molar-refractivity contribution in [2.75, 3.05) is 5.32 Å². The minimum Gasteiger partial charge on any atom is -0.335 e. The number of hydrogen-bond acceptors (Lipinski definition) is 2. The molecule has 0 bridgehead atoms. The van der Waals surface area contributed by atoms with Gasteiger partial charge in [-0.1, -0.05) is 31.4 Å². The molecule has 0 heterocycles. The molecule has 4 heteroatoms. The summed E-state index contributed by atoms with van der Waals surface area (Å²) in [6.45, 7) is 2.44. The van der Waals surface area contributed by atoms with Crippen LogP contribution in [0.3, 0.4) is 0 Å². The summed E-state index contributed by atoms with van der Waals surface area (Å²) >= 11 is 0. The van der Waals surface area contributed by atoms with Gasteiger partial charge in [-0.15, -0.1) is 0 Å². The molecule has 104 valence electrons. The zero-order valence-corrected chi connectivity index (χ0v) is 11.5. The molecule has 0 spiro atoms. The molecule has 1 aliphatic carbocycles. The van der Waals surface area contributed by atoms with Crippen LogP contribution >= 0.6 is 0 Å². The lowest BCUT2D eigenvalue weighted by molar-refractivity contribution is 0.244. The Labute approximate surface area is 114 Å². The maximum atomic E-state index is 12.0. The lowest BCUT2D eigenvalue weighted by Gasteiger charge is -2.23. The van der Waals surface area contributed by atoms with Gasteiger partial charge in [-0.05, 0) is 37.0 Å². The van der Waals surface area contributed by atoms with Crippen molar-refractivity contribution in [2.24, 2.45) is 5.73 Å². The van der Waals surface area contributed by atoms with Gasteiger partial charge in [-0.2, -0.15) is 0 Å². The second kappa shape index (κ2) is 6.57. The lowest BCUT2D eigenvalue weighted by Crippen LogP contribution is -2.39. The van der Waals surface area contributed by atoms with Crippen molar-refractivity contribution in [2.45, 2.75) is 51.6 Å². The second-order valence-electron chi connectivity index (χ2n) is 5.24. The Morgan fingerprint density at radius 1 is 1.32 bits per heavy atom. The van der Waals surface area contributed by atoms with Crippen LogP contribution in [-0.2, 0) is 6.54 Å². The summed E-state index contributed by atoms with van der Waals surface area (Å²) in [5.41, 5.74) is 8.67. The van der Waals surface area contributed by atoms with Crippen LogP contribution in [0.5, 0.6) is 0 Å². The molecule has 2 amide bonds. The third-order valence-corrected chi connectivity index (χ3v) is 3.80. The summed E-state index contributed by atoms with van der Waals surface area (Å²) in [7, 11) is 0. The average molecular weight is 261 g/mol. The molecular weight excluding hydrogens is 238 g/mol. The summed E-state index contributed by atoms with van der Waals surface area (Å²) in [6, 6.07) is 6.04. The predicted molar refractivity (Wildman–Crippen MR) is 78.1 cm³/mol. The topological polar surface area (TPSA) is 67.2 Å². The highest BCUT2D eigenvalue weighted by Crippen LogP contribution is 2.20. The normalized spacial score (nSPS) is 16.1. The molecule has 0 aromatic heterocycles. The Kier molecular flexibility index (Phi) is 4.80. The van der Waals surface area contributed by atoms with E-state index >= 15 is 0 Å². The Hall–Kier alpha value is -1.55. The number of urea groups is 1. The van der Waals surface area contributed by atoms with Crippen LogP contribution in [0.1, 0.15) is 43.2 Å². The Balaban J connectivity index is 1.96. The van der Waals surface area contributed by atoms with Crippen molar-refractivity contribution in [3.05, 3.63) is 29.3 Å². The van der Waals surface area contributed by atoms with Gasteiger partial charge in [0.05, 0.1) is 0 Å². The lowest BCUT2D eigenvalue weighted by atomic mass is 9.96. The Morgan fingerprint density at radius 2 is 2.05 bits per heavy atom. The largest absolute Gasteiger partial charge is 0.335 e. The fraction of sp³-hybridized carbons (Fsp3) is 0.533. The van der Waals surface area contributed by atoms with Crippen LogP contribution in [0.2, 0.25) is 0 Å². The Morgan fingerprint density at radius 3 is 2.74 bits per heavy atom. The van der Waals surface area contributed by atoms with Gasteiger partial charge in [-0.3, -0.25) is 0 Å². The first-order chi connectivity index (χ1) is 9.20. The van der Waals surface area contributed by atoms with E-state index in [1.807, 2.05) is 25.1 Å². The molecule has 0 aliphatic heterocycles. The highest BCUT2D eigenvalue weighted by Gasteiger charge is 2.16. The van der Waals surface area contributed by atoms with E-state index in [9.17, 15) is 4.79 Å². The number of nitrogens with one attached hydrogen (secondary N) is 2. The second-order valence-corrected chi connectivity index (χ2v) is 5.24. The molecule has 4 N–H and O–H groups in total. The van der Waals surface area contributed by atoms with Crippen molar-refractivity contribution >= 4 is 11.7 Å². The van der Waals surface area contributed by atoms with Gasteiger partial charge >= 0.3 is 6.03 Å². The smallest absolute Gasteiger partial charge is 0.319 e. The molecular formula is C15H23N3O. The van der Waals surface area contributed by atoms with Crippen molar-refractivity contribution in [1.29, 1.82) is 0 Å². The van der Waals surface area contributed by atoms with Gasteiger partial charge in [-0.25, -0.2) is 4.79 Å². The Bertz CT molecular complexity index is 439. The minimum atomic E-state index is -0.118. The molecule has 1 aromatic rings. The van der Waals surface area contributed by atoms with Gasteiger partial charge in [0.15, 0.2) is 0 Å². The summed E-state index contributed by atoms with van der Waals surface area (Å²) in [4.78, 5) is 12.0. The predicted octanol–water partition coefficient (Wildman–Crippen LogP) is 2.91. The third kappa shape index (κ3) is 3.70. The van der Waals surface area contributed by atoms with E-state index in [0.717, 1.165) is 29.7 Å². The zero-order chi connectivity index (χ0) is 13.7. The first kappa shape index (κ1) is 13.9. The number of hydrogen-bond donors (Lipinski definition) is 3. The average Bonchev–Trinajstić information content (AvgIpc) is 2.40. The van der Waals surface area contributed by atoms with E-state index in [2.05, 4.69) is 10.6 Å². The molecule has 1 fully saturated rings. The highest BCUT2D eigenvalue weighted by molar-refractivity contribution is 5.90. The first-order valence-corrected chi connectivity index (χ1v) is 7.07. The monoisotopic (exact) mass is 261 g/mol. The third-order valence-electron chi connectivity index (χ3n) is 3.80. The number of benzene rings is 1. The molecule has 0 unspecified atom stereocenters. The van der Waals surface area contributed by atoms with E-state index in [-0.39, 0.29) is 6.03 Å². The number of carbonyl (C=O) groups excluding carboxylic acids is 1. The first-order valence-electron chi connectivity index (χ1n) is 7.07. The minimum absolute atomic E-state index is 0.118. The van der Waals surface area contributed by atoms with E-state index in [1.54, 1.807) is 0 Å². The maximum absolute atomic E-state index is 12.0. The molecule has 0 atom stereocenters. The number of amides is 2. The van der Waals surface area contributed by atoms with Crippen molar-refractivity contribution < 1.29 is 4.79 Å². The van der Waals surface area contributed by atoms with Crippen molar-refractivity contribution in [3.8, 4) is 0 Å². The zero-order valence-electron chi connectivity index (χ0n) is 11.5. The molecule has 4 nitrogen and oxygen atoms in total. The molecule has 0 radical (unpaired) electrons. The molecule has 1 aliphatic rings. The molecule has 19 heavy (non-hydrogen) atoms. The van der Waals surface area contributed by atoms with Gasteiger partial charge in [0.2, 0.25) is 0 Å².